The zero-order valence-corrected chi connectivity index (χ0v) is 8.96. The molecule has 12 heavy (non-hydrogen) atoms. The summed E-state index contributed by atoms with van der Waals surface area (Å²) in [6.45, 7) is 10.5. The lowest BCUT2D eigenvalue weighted by Crippen LogP contribution is -2.13. The van der Waals surface area contributed by atoms with E-state index < -0.39 is 0 Å². The molecule has 0 aromatic carbocycles. The van der Waals surface area contributed by atoms with Crippen LogP contribution in [0, 0.1) is 11.3 Å². The fraction of sp³-hybridized carbons (Fsp3) is 0.818. The van der Waals surface area contributed by atoms with Gasteiger partial charge >= 0.3 is 0 Å². The lowest BCUT2D eigenvalue weighted by atomic mass is 9.94. The number of aliphatic hydroxyl groups is 1. The van der Waals surface area contributed by atoms with E-state index in [1.807, 2.05) is 13.8 Å². The first-order valence-corrected chi connectivity index (χ1v) is 4.68. The molecule has 0 saturated heterocycles. The Hall–Kier alpha value is -0.300. The van der Waals surface area contributed by atoms with E-state index in [0.717, 1.165) is 6.42 Å². The van der Waals surface area contributed by atoms with E-state index in [9.17, 15) is 5.11 Å². The van der Waals surface area contributed by atoms with Crippen LogP contribution in [0.5, 0.6) is 0 Å². The zero-order valence-electron chi connectivity index (χ0n) is 8.96. The van der Waals surface area contributed by atoms with Crippen LogP contribution in [-0.4, -0.2) is 11.2 Å². The summed E-state index contributed by atoms with van der Waals surface area (Å²) in [4.78, 5) is 0. The average molecular weight is 170 g/mol. The number of allylic oxidation sites excluding steroid dienone is 1. The Morgan fingerprint density at radius 1 is 1.25 bits per heavy atom. The summed E-state index contributed by atoms with van der Waals surface area (Å²) in [5, 5.41) is 9.47. The summed E-state index contributed by atoms with van der Waals surface area (Å²) in [6, 6.07) is 0. The van der Waals surface area contributed by atoms with E-state index in [4.69, 9.17) is 0 Å². The quantitative estimate of drug-likeness (QED) is 0.646. The molecule has 0 fully saturated rings. The minimum absolute atomic E-state index is 0.191. The van der Waals surface area contributed by atoms with Gasteiger partial charge < -0.3 is 5.11 Å². The fourth-order valence-corrected chi connectivity index (χ4v) is 0.833. The molecule has 0 radical (unpaired) electrons. The molecule has 1 nitrogen and oxygen atoms in total. The van der Waals surface area contributed by atoms with Crippen molar-refractivity contribution in [1.29, 1.82) is 0 Å². The highest BCUT2D eigenvalue weighted by Crippen LogP contribution is 2.16. The molecule has 1 atom stereocenters. The van der Waals surface area contributed by atoms with Gasteiger partial charge in [-0.3, -0.25) is 0 Å². The van der Waals surface area contributed by atoms with Crippen LogP contribution in [0.2, 0.25) is 0 Å². The molecule has 1 heteroatoms. The second-order valence-electron chi connectivity index (χ2n) is 4.82. The van der Waals surface area contributed by atoms with E-state index in [2.05, 4.69) is 32.9 Å². The van der Waals surface area contributed by atoms with Crippen LogP contribution in [0.3, 0.4) is 0 Å². The summed E-state index contributed by atoms with van der Waals surface area (Å²) in [6.07, 6.45) is 4.81. The molecule has 0 unspecified atom stereocenters. The Morgan fingerprint density at radius 3 is 2.08 bits per heavy atom. The minimum atomic E-state index is -0.191. The Bertz CT molecular complexity index is 140. The molecule has 0 amide bonds. The average Bonchev–Trinajstić information content (AvgIpc) is 1.84. The Labute approximate surface area is 76.5 Å². The van der Waals surface area contributed by atoms with Gasteiger partial charge in [-0.25, -0.2) is 0 Å². The smallest absolute Gasteiger partial charge is 0.0597 e. The summed E-state index contributed by atoms with van der Waals surface area (Å²) in [7, 11) is 0. The predicted molar refractivity (Wildman–Crippen MR) is 54.1 cm³/mol. The van der Waals surface area contributed by atoms with Gasteiger partial charge in [0.05, 0.1) is 6.10 Å². The maximum Gasteiger partial charge on any atom is 0.0597 e. The van der Waals surface area contributed by atoms with Crippen molar-refractivity contribution in [3.05, 3.63) is 12.2 Å². The Kier molecular flexibility index (Phi) is 4.54. The Morgan fingerprint density at radius 2 is 1.75 bits per heavy atom. The molecule has 0 aromatic rings. The first kappa shape index (κ1) is 11.7. The molecule has 0 aliphatic heterocycles. The third-order valence-electron chi connectivity index (χ3n) is 1.76. The predicted octanol–water partition coefficient (Wildman–Crippen LogP) is 3.00. The second kappa shape index (κ2) is 4.66. The number of hydrogen-bond donors (Lipinski definition) is 1. The topological polar surface area (TPSA) is 20.2 Å². The standard InChI is InChI=1S/C11H22O/c1-9(2)10(12)7-6-8-11(3,4)5/h6,8-10,12H,7H2,1-5H3/t10-/m0/s1. The maximum atomic E-state index is 9.47. The molecule has 0 aromatic heterocycles. The van der Waals surface area contributed by atoms with Crippen LogP contribution in [0.1, 0.15) is 41.0 Å². The van der Waals surface area contributed by atoms with Gasteiger partial charge in [-0.15, -0.1) is 0 Å². The number of aliphatic hydroxyl groups excluding tert-OH is 1. The normalized spacial score (nSPS) is 15.9. The van der Waals surface area contributed by atoms with Crippen LogP contribution in [0.25, 0.3) is 0 Å². The van der Waals surface area contributed by atoms with E-state index in [1.54, 1.807) is 0 Å². The third-order valence-corrected chi connectivity index (χ3v) is 1.76. The largest absolute Gasteiger partial charge is 0.393 e. The van der Waals surface area contributed by atoms with Crippen LogP contribution < -0.4 is 0 Å². The van der Waals surface area contributed by atoms with Gasteiger partial charge in [0, 0.05) is 0 Å². The van der Waals surface area contributed by atoms with Crippen LogP contribution in [0.15, 0.2) is 12.2 Å². The van der Waals surface area contributed by atoms with E-state index in [-0.39, 0.29) is 11.5 Å². The lowest BCUT2D eigenvalue weighted by molar-refractivity contribution is 0.128. The number of rotatable bonds is 3. The molecule has 0 aliphatic rings. The summed E-state index contributed by atoms with van der Waals surface area (Å²) in [5.74, 6) is 0.356. The van der Waals surface area contributed by atoms with Crippen molar-refractivity contribution in [1.82, 2.24) is 0 Å². The van der Waals surface area contributed by atoms with Crippen LogP contribution in [-0.2, 0) is 0 Å². The lowest BCUT2D eigenvalue weighted by Gasteiger charge is -2.14. The zero-order chi connectivity index (χ0) is 9.78. The van der Waals surface area contributed by atoms with Gasteiger partial charge in [0.1, 0.15) is 0 Å². The monoisotopic (exact) mass is 170 g/mol. The van der Waals surface area contributed by atoms with Crippen molar-refractivity contribution >= 4 is 0 Å². The highest BCUT2D eigenvalue weighted by Gasteiger charge is 2.08. The van der Waals surface area contributed by atoms with Gasteiger partial charge in [0.2, 0.25) is 0 Å². The molecular weight excluding hydrogens is 148 g/mol. The molecule has 0 spiro atoms. The summed E-state index contributed by atoms with van der Waals surface area (Å²) < 4.78 is 0. The minimum Gasteiger partial charge on any atom is -0.393 e. The van der Waals surface area contributed by atoms with Crippen molar-refractivity contribution in [2.75, 3.05) is 0 Å². The summed E-state index contributed by atoms with van der Waals surface area (Å²) in [5.41, 5.74) is 0.233. The SMILES string of the molecule is CC(C)[C@@H](O)CC=CC(C)(C)C. The van der Waals surface area contributed by atoms with Crippen molar-refractivity contribution < 1.29 is 5.11 Å². The molecule has 1 N–H and O–H groups in total. The Balaban J connectivity index is 3.75. The molecule has 72 valence electrons. The van der Waals surface area contributed by atoms with Crippen LogP contribution >= 0.6 is 0 Å². The third kappa shape index (κ3) is 6.41. The summed E-state index contributed by atoms with van der Waals surface area (Å²) >= 11 is 0. The molecule has 0 saturated carbocycles. The molecule has 0 aliphatic carbocycles. The first-order valence-electron chi connectivity index (χ1n) is 4.68. The second-order valence-corrected chi connectivity index (χ2v) is 4.82. The molecule has 0 bridgehead atoms. The van der Waals surface area contributed by atoms with E-state index in [0.29, 0.717) is 5.92 Å². The number of hydrogen-bond acceptors (Lipinski definition) is 1. The van der Waals surface area contributed by atoms with Crippen molar-refractivity contribution in [3.63, 3.8) is 0 Å². The van der Waals surface area contributed by atoms with Crippen molar-refractivity contribution in [2.24, 2.45) is 11.3 Å². The molecule has 0 heterocycles. The maximum absolute atomic E-state index is 9.47. The van der Waals surface area contributed by atoms with Gasteiger partial charge in [-0.1, -0.05) is 46.8 Å². The molecule has 0 rings (SSSR count). The van der Waals surface area contributed by atoms with Gasteiger partial charge in [0.15, 0.2) is 0 Å². The highest BCUT2D eigenvalue weighted by atomic mass is 16.3. The van der Waals surface area contributed by atoms with Crippen molar-refractivity contribution in [2.45, 2.75) is 47.1 Å². The van der Waals surface area contributed by atoms with Gasteiger partial charge in [-0.2, -0.15) is 0 Å². The highest BCUT2D eigenvalue weighted by molar-refractivity contribution is 4.93. The van der Waals surface area contributed by atoms with Gasteiger partial charge in [0.25, 0.3) is 0 Å². The molecular formula is C11H22O. The fourth-order valence-electron chi connectivity index (χ4n) is 0.833. The van der Waals surface area contributed by atoms with E-state index >= 15 is 0 Å². The van der Waals surface area contributed by atoms with Gasteiger partial charge in [-0.05, 0) is 17.8 Å². The van der Waals surface area contributed by atoms with E-state index in [1.165, 1.54) is 0 Å². The van der Waals surface area contributed by atoms with Crippen molar-refractivity contribution in [3.8, 4) is 0 Å². The first-order chi connectivity index (χ1) is 5.33. The van der Waals surface area contributed by atoms with Crippen LogP contribution in [0.4, 0.5) is 0 Å².